The summed E-state index contributed by atoms with van der Waals surface area (Å²) in [5, 5.41) is 3.52. The van der Waals surface area contributed by atoms with Crippen molar-refractivity contribution in [3.8, 4) is 0 Å². The predicted octanol–water partition coefficient (Wildman–Crippen LogP) is 2.94. The second-order valence-electron chi connectivity index (χ2n) is 7.04. The molecule has 2 atom stereocenters. The van der Waals surface area contributed by atoms with Crippen LogP contribution in [0.2, 0.25) is 0 Å². The monoisotopic (exact) mass is 423 g/mol. The number of hydrogen-bond donors (Lipinski definition) is 1. The minimum atomic E-state index is -0.496. The van der Waals surface area contributed by atoms with Crippen molar-refractivity contribution in [1.29, 1.82) is 0 Å². The molecule has 152 valence electrons. The summed E-state index contributed by atoms with van der Waals surface area (Å²) in [4.78, 5) is 44.1. The Morgan fingerprint density at radius 3 is 2.79 bits per heavy atom. The van der Waals surface area contributed by atoms with Gasteiger partial charge in [0.1, 0.15) is 10.3 Å². The highest BCUT2D eigenvalue weighted by atomic mass is 32.2. The number of hydrogen-bond acceptors (Lipinski definition) is 7. The van der Waals surface area contributed by atoms with Crippen LogP contribution in [0.1, 0.15) is 47.5 Å². The van der Waals surface area contributed by atoms with E-state index >= 15 is 0 Å². The van der Waals surface area contributed by atoms with Crippen molar-refractivity contribution < 1.29 is 19.1 Å². The molecule has 1 aromatic rings. The maximum atomic E-state index is 12.6. The Morgan fingerprint density at radius 2 is 2.14 bits per heavy atom. The summed E-state index contributed by atoms with van der Waals surface area (Å²) >= 11 is 2.74. The molecular weight excluding hydrogens is 398 g/mol. The van der Waals surface area contributed by atoms with Crippen LogP contribution >= 0.6 is 23.1 Å². The molecule has 0 radical (unpaired) electrons. The fourth-order valence-corrected chi connectivity index (χ4v) is 6.02. The lowest BCUT2D eigenvalue weighted by atomic mass is 9.88. The minimum absolute atomic E-state index is 0.0358. The summed E-state index contributed by atoms with van der Waals surface area (Å²) in [6, 6.07) is 0. The van der Waals surface area contributed by atoms with E-state index in [1.807, 2.05) is 0 Å². The van der Waals surface area contributed by atoms with E-state index in [4.69, 9.17) is 4.74 Å². The van der Waals surface area contributed by atoms with E-state index in [1.165, 1.54) is 28.0 Å². The summed E-state index contributed by atoms with van der Waals surface area (Å²) < 4.78 is 5.23. The molecule has 1 aliphatic heterocycles. The van der Waals surface area contributed by atoms with E-state index in [-0.39, 0.29) is 24.8 Å². The van der Waals surface area contributed by atoms with Crippen molar-refractivity contribution in [1.82, 2.24) is 4.90 Å². The predicted molar refractivity (Wildman–Crippen MR) is 112 cm³/mol. The van der Waals surface area contributed by atoms with Crippen molar-refractivity contribution in [2.75, 3.05) is 26.0 Å². The van der Waals surface area contributed by atoms with Crippen molar-refractivity contribution in [3.05, 3.63) is 16.0 Å². The number of amidine groups is 1. The van der Waals surface area contributed by atoms with Gasteiger partial charge >= 0.3 is 5.97 Å². The first-order chi connectivity index (χ1) is 13.3. The highest BCUT2D eigenvalue weighted by molar-refractivity contribution is 8.15. The van der Waals surface area contributed by atoms with Crippen molar-refractivity contribution in [3.63, 3.8) is 0 Å². The number of esters is 1. The molecule has 2 heterocycles. The fraction of sp³-hybridized carbons (Fsp3) is 0.579. The number of fused-ring (bicyclic) bond motifs is 1. The van der Waals surface area contributed by atoms with Gasteiger partial charge in [-0.2, -0.15) is 0 Å². The SMILES string of the molecule is CCOC(=O)c1c(NC(=O)C[C@@H]2SC(=NC)N(C)C2=O)sc2c1CC[C@@H](C)C2. The lowest BCUT2D eigenvalue weighted by molar-refractivity contribution is -0.127. The summed E-state index contributed by atoms with van der Waals surface area (Å²) in [6.45, 7) is 4.24. The van der Waals surface area contributed by atoms with Crippen LogP contribution in [0.25, 0.3) is 0 Å². The van der Waals surface area contributed by atoms with E-state index in [0.29, 0.717) is 21.7 Å². The number of carbonyl (C=O) groups excluding carboxylic acids is 3. The van der Waals surface area contributed by atoms with Gasteiger partial charge in [0, 0.05) is 25.4 Å². The molecule has 0 unspecified atom stereocenters. The van der Waals surface area contributed by atoms with Gasteiger partial charge in [0.25, 0.3) is 0 Å². The Hall–Kier alpha value is -1.87. The molecule has 1 aliphatic carbocycles. The Balaban J connectivity index is 1.79. The Kier molecular flexibility index (Phi) is 6.44. The fourth-order valence-electron chi connectivity index (χ4n) is 3.50. The lowest BCUT2D eigenvalue weighted by Crippen LogP contribution is -2.30. The molecule has 1 fully saturated rings. The molecule has 0 aromatic carbocycles. The normalized spacial score (nSPS) is 23.1. The molecular formula is C19H25N3O4S2. The molecule has 28 heavy (non-hydrogen) atoms. The second kappa shape index (κ2) is 8.65. The van der Waals surface area contributed by atoms with Gasteiger partial charge in [-0.15, -0.1) is 11.3 Å². The van der Waals surface area contributed by atoms with E-state index in [9.17, 15) is 14.4 Å². The zero-order valence-electron chi connectivity index (χ0n) is 16.5. The first-order valence-corrected chi connectivity index (χ1v) is 11.1. The number of nitrogens with zero attached hydrogens (tertiary/aromatic N) is 2. The minimum Gasteiger partial charge on any atom is -0.462 e. The molecule has 3 rings (SSSR count). The quantitative estimate of drug-likeness (QED) is 0.736. The third-order valence-electron chi connectivity index (χ3n) is 4.95. The first-order valence-electron chi connectivity index (χ1n) is 9.38. The van der Waals surface area contributed by atoms with E-state index in [0.717, 1.165) is 29.7 Å². The van der Waals surface area contributed by atoms with Crippen LogP contribution in [0.4, 0.5) is 5.00 Å². The van der Waals surface area contributed by atoms with Crippen molar-refractivity contribution in [2.45, 2.75) is 44.8 Å². The maximum Gasteiger partial charge on any atom is 0.341 e. The van der Waals surface area contributed by atoms with Crippen LogP contribution in [0, 0.1) is 5.92 Å². The topological polar surface area (TPSA) is 88.1 Å². The number of thiophene rings is 1. The van der Waals surface area contributed by atoms with Crippen LogP contribution in [-0.4, -0.2) is 53.8 Å². The van der Waals surface area contributed by atoms with Crippen LogP contribution in [0.3, 0.4) is 0 Å². The average molecular weight is 424 g/mol. The molecule has 0 spiro atoms. The van der Waals surface area contributed by atoms with Crippen LogP contribution in [0.5, 0.6) is 0 Å². The zero-order valence-corrected chi connectivity index (χ0v) is 18.2. The van der Waals surface area contributed by atoms with Crippen LogP contribution in [-0.2, 0) is 27.2 Å². The van der Waals surface area contributed by atoms with Gasteiger partial charge in [-0.25, -0.2) is 4.79 Å². The third-order valence-corrected chi connectivity index (χ3v) is 7.44. The van der Waals surface area contributed by atoms with E-state index in [1.54, 1.807) is 21.0 Å². The van der Waals surface area contributed by atoms with Crippen molar-refractivity contribution >= 4 is 51.1 Å². The van der Waals surface area contributed by atoms with Crippen LogP contribution < -0.4 is 5.32 Å². The summed E-state index contributed by atoms with van der Waals surface area (Å²) in [6.07, 6.45) is 2.77. The highest BCUT2D eigenvalue weighted by Gasteiger charge is 2.37. The Labute approximate surface area is 172 Å². The van der Waals surface area contributed by atoms with Gasteiger partial charge in [0.05, 0.1) is 12.2 Å². The first kappa shape index (κ1) is 20.9. The summed E-state index contributed by atoms with van der Waals surface area (Å²) in [7, 11) is 3.28. The van der Waals surface area contributed by atoms with Gasteiger partial charge in [-0.05, 0) is 37.7 Å². The largest absolute Gasteiger partial charge is 0.462 e. The molecule has 0 saturated carbocycles. The number of nitrogens with one attached hydrogen (secondary N) is 1. The number of thioether (sulfide) groups is 1. The third kappa shape index (κ3) is 4.10. The van der Waals surface area contributed by atoms with Gasteiger partial charge in [0.15, 0.2) is 5.17 Å². The van der Waals surface area contributed by atoms with Gasteiger partial charge < -0.3 is 10.1 Å². The molecule has 9 heteroatoms. The highest BCUT2D eigenvalue weighted by Crippen LogP contribution is 2.40. The Bertz CT molecular complexity index is 833. The van der Waals surface area contributed by atoms with Crippen molar-refractivity contribution in [2.24, 2.45) is 10.9 Å². The van der Waals surface area contributed by atoms with Gasteiger partial charge in [0.2, 0.25) is 11.8 Å². The lowest BCUT2D eigenvalue weighted by Gasteiger charge is -2.18. The molecule has 1 N–H and O–H groups in total. The number of aliphatic imine (C=N–C) groups is 1. The smallest absolute Gasteiger partial charge is 0.341 e. The number of amides is 2. The summed E-state index contributed by atoms with van der Waals surface area (Å²) in [5.41, 5.74) is 1.49. The standard InChI is InChI=1S/C19H25N3O4S2/c1-5-26-18(25)15-11-7-6-10(2)8-12(11)27-16(15)21-14(23)9-13-17(24)22(4)19(20-3)28-13/h10,13H,5-9H2,1-4H3,(H,21,23)/t10-,13+/m1/s1. The van der Waals surface area contributed by atoms with Crippen LogP contribution in [0.15, 0.2) is 4.99 Å². The molecule has 1 aromatic heterocycles. The summed E-state index contributed by atoms with van der Waals surface area (Å²) in [5.74, 6) is -0.254. The number of anilines is 1. The number of ether oxygens (including phenoxy) is 1. The van der Waals surface area contributed by atoms with E-state index < -0.39 is 11.2 Å². The molecule has 2 amide bonds. The number of carbonyl (C=O) groups is 3. The maximum absolute atomic E-state index is 12.6. The molecule has 2 aliphatic rings. The van der Waals surface area contributed by atoms with E-state index in [2.05, 4.69) is 17.2 Å². The zero-order chi connectivity index (χ0) is 20.4. The number of rotatable bonds is 5. The average Bonchev–Trinajstić information content (AvgIpc) is 3.13. The molecule has 7 nitrogen and oxygen atoms in total. The molecule has 1 saturated heterocycles. The Morgan fingerprint density at radius 1 is 1.39 bits per heavy atom. The van der Waals surface area contributed by atoms with Gasteiger partial charge in [-0.1, -0.05) is 18.7 Å². The second-order valence-corrected chi connectivity index (χ2v) is 9.31. The molecule has 0 bridgehead atoms. The van der Waals surface area contributed by atoms with Gasteiger partial charge in [-0.3, -0.25) is 19.5 Å².